The highest BCUT2D eigenvalue weighted by molar-refractivity contribution is 7.99. The molecule has 1 heterocycles. The second-order valence-corrected chi connectivity index (χ2v) is 7.03. The summed E-state index contributed by atoms with van der Waals surface area (Å²) in [7, 11) is 0. The van der Waals surface area contributed by atoms with Crippen LogP contribution in [0.3, 0.4) is 0 Å². The second kappa shape index (κ2) is 6.66. The molecule has 0 aliphatic heterocycles. The third-order valence-corrected chi connectivity index (χ3v) is 4.86. The lowest BCUT2D eigenvalue weighted by molar-refractivity contribution is -0.113. The number of anilines is 1. The third kappa shape index (κ3) is 3.68. The van der Waals surface area contributed by atoms with E-state index < -0.39 is 0 Å². The minimum atomic E-state index is -0.221. The van der Waals surface area contributed by atoms with E-state index in [1.54, 1.807) is 6.33 Å². The minimum absolute atomic E-state index is 0.195. The van der Waals surface area contributed by atoms with E-state index in [0.29, 0.717) is 26.8 Å². The maximum Gasteiger partial charge on any atom is 0.234 e. The van der Waals surface area contributed by atoms with Crippen LogP contribution in [0.15, 0.2) is 23.6 Å². The van der Waals surface area contributed by atoms with Gasteiger partial charge in [-0.15, -0.1) is 10.2 Å². The number of carbonyl (C=O) groups is 1. The predicted molar refractivity (Wildman–Crippen MR) is 89.1 cm³/mol. The maximum absolute atomic E-state index is 12.1. The Morgan fingerprint density at radius 1 is 1.32 bits per heavy atom. The molecule has 1 aromatic heterocycles. The van der Waals surface area contributed by atoms with Crippen LogP contribution in [0.25, 0.3) is 0 Å². The van der Waals surface area contributed by atoms with E-state index in [-0.39, 0.29) is 11.7 Å². The normalized spacial score (nSPS) is 14.1. The first-order chi connectivity index (χ1) is 10.5. The largest absolute Gasteiger partial charge is 0.323 e. The first-order valence-electron chi connectivity index (χ1n) is 6.51. The summed E-state index contributed by atoms with van der Waals surface area (Å²) >= 11 is 19.2. The van der Waals surface area contributed by atoms with Gasteiger partial charge in [0.05, 0.1) is 21.5 Å². The summed E-state index contributed by atoms with van der Waals surface area (Å²) in [5.41, 5.74) is 0.363. The molecule has 5 nitrogen and oxygen atoms in total. The van der Waals surface area contributed by atoms with Gasteiger partial charge in [-0.05, 0) is 25.0 Å². The van der Waals surface area contributed by atoms with Crippen LogP contribution in [0.2, 0.25) is 15.1 Å². The second-order valence-electron chi connectivity index (χ2n) is 4.83. The van der Waals surface area contributed by atoms with Crippen LogP contribution in [0.4, 0.5) is 5.69 Å². The van der Waals surface area contributed by atoms with E-state index >= 15 is 0 Å². The zero-order valence-corrected chi connectivity index (χ0v) is 14.3. The number of aromatic nitrogens is 3. The van der Waals surface area contributed by atoms with Crippen molar-refractivity contribution in [1.29, 1.82) is 0 Å². The fourth-order valence-electron chi connectivity index (χ4n) is 1.91. The van der Waals surface area contributed by atoms with Gasteiger partial charge in [0, 0.05) is 11.1 Å². The van der Waals surface area contributed by atoms with E-state index in [1.807, 2.05) is 4.57 Å². The molecule has 9 heteroatoms. The summed E-state index contributed by atoms with van der Waals surface area (Å²) in [4.78, 5) is 12.1. The van der Waals surface area contributed by atoms with Crippen molar-refractivity contribution in [3.63, 3.8) is 0 Å². The van der Waals surface area contributed by atoms with Gasteiger partial charge >= 0.3 is 0 Å². The maximum atomic E-state index is 12.1. The van der Waals surface area contributed by atoms with Gasteiger partial charge in [-0.25, -0.2) is 0 Å². The predicted octanol–water partition coefficient (Wildman–Crippen LogP) is 4.30. The zero-order valence-electron chi connectivity index (χ0n) is 11.2. The van der Waals surface area contributed by atoms with Gasteiger partial charge in [-0.3, -0.25) is 4.79 Å². The molecule has 0 unspecified atom stereocenters. The molecule has 3 rings (SSSR count). The number of halogens is 3. The fourth-order valence-corrected chi connectivity index (χ4v) is 3.60. The van der Waals surface area contributed by atoms with E-state index in [0.717, 1.165) is 18.0 Å². The molecular weight excluding hydrogens is 367 g/mol. The van der Waals surface area contributed by atoms with Crippen molar-refractivity contribution in [3.8, 4) is 0 Å². The van der Waals surface area contributed by atoms with Crippen molar-refractivity contribution in [2.24, 2.45) is 0 Å². The summed E-state index contributed by atoms with van der Waals surface area (Å²) in [5.74, 6) is -0.0257. The Kier molecular flexibility index (Phi) is 4.82. The number of hydrogen-bond acceptors (Lipinski definition) is 4. The number of amides is 1. The zero-order chi connectivity index (χ0) is 15.7. The van der Waals surface area contributed by atoms with Crippen molar-refractivity contribution in [3.05, 3.63) is 33.5 Å². The third-order valence-electron chi connectivity index (χ3n) is 3.08. The van der Waals surface area contributed by atoms with Gasteiger partial charge in [0.1, 0.15) is 6.33 Å². The molecule has 1 aliphatic rings. The number of nitrogens with zero attached hydrogens (tertiary/aromatic N) is 3. The number of hydrogen-bond donors (Lipinski definition) is 1. The van der Waals surface area contributed by atoms with Gasteiger partial charge in [0.15, 0.2) is 5.16 Å². The first kappa shape index (κ1) is 15.9. The van der Waals surface area contributed by atoms with Crippen LogP contribution in [0.1, 0.15) is 18.9 Å². The van der Waals surface area contributed by atoms with Crippen LogP contribution < -0.4 is 5.32 Å². The number of rotatable bonds is 5. The average Bonchev–Trinajstić information content (AvgIpc) is 3.19. The van der Waals surface area contributed by atoms with Gasteiger partial charge in [0.2, 0.25) is 5.91 Å². The number of carbonyl (C=O) groups excluding carboxylic acids is 1. The van der Waals surface area contributed by atoms with Crippen molar-refractivity contribution in [1.82, 2.24) is 14.8 Å². The van der Waals surface area contributed by atoms with Gasteiger partial charge in [-0.1, -0.05) is 46.6 Å². The molecule has 22 heavy (non-hydrogen) atoms. The summed E-state index contributed by atoms with van der Waals surface area (Å²) in [6.07, 6.45) is 3.96. The summed E-state index contributed by atoms with van der Waals surface area (Å²) in [6, 6.07) is 3.53. The molecule has 0 radical (unpaired) electrons. The molecule has 0 saturated heterocycles. The molecule has 1 N–H and O–H groups in total. The van der Waals surface area contributed by atoms with Crippen molar-refractivity contribution in [2.75, 3.05) is 11.1 Å². The fraction of sp³-hybridized carbons (Fsp3) is 0.308. The smallest absolute Gasteiger partial charge is 0.234 e. The highest BCUT2D eigenvalue weighted by Gasteiger charge is 2.26. The molecule has 1 aliphatic carbocycles. The number of benzene rings is 1. The Morgan fingerprint density at radius 3 is 2.64 bits per heavy atom. The van der Waals surface area contributed by atoms with E-state index in [2.05, 4.69) is 15.5 Å². The van der Waals surface area contributed by atoms with Crippen molar-refractivity contribution in [2.45, 2.75) is 24.0 Å². The molecular formula is C13H11Cl3N4OS. The molecule has 1 saturated carbocycles. The monoisotopic (exact) mass is 376 g/mol. The molecule has 0 atom stereocenters. The Balaban J connectivity index is 1.62. The molecule has 1 fully saturated rings. The first-order valence-corrected chi connectivity index (χ1v) is 8.63. The Bertz CT molecular complexity index is 694. The lowest BCUT2D eigenvalue weighted by atomic mass is 10.3. The van der Waals surface area contributed by atoms with Crippen LogP contribution in [0, 0.1) is 0 Å². The van der Waals surface area contributed by atoms with Gasteiger partial charge < -0.3 is 9.88 Å². The molecule has 0 bridgehead atoms. The van der Waals surface area contributed by atoms with E-state index in [1.165, 1.54) is 23.9 Å². The average molecular weight is 378 g/mol. The molecule has 116 valence electrons. The van der Waals surface area contributed by atoms with Crippen LogP contribution in [-0.2, 0) is 4.79 Å². The topological polar surface area (TPSA) is 59.8 Å². The van der Waals surface area contributed by atoms with Gasteiger partial charge in [0.25, 0.3) is 0 Å². The van der Waals surface area contributed by atoms with Crippen molar-refractivity contribution >= 4 is 58.2 Å². The molecule has 0 spiro atoms. The summed E-state index contributed by atoms with van der Waals surface area (Å²) in [5, 5.41) is 12.4. The van der Waals surface area contributed by atoms with Crippen LogP contribution >= 0.6 is 46.6 Å². The lowest BCUT2D eigenvalue weighted by Crippen LogP contribution is -2.15. The quantitative estimate of drug-likeness (QED) is 0.789. The van der Waals surface area contributed by atoms with E-state index in [9.17, 15) is 4.79 Å². The standard InChI is InChI=1S/C13H11Cl3N4OS/c14-7-3-9(15)12(10(16)4-7)18-11(21)5-22-13-19-17-6-20(13)8-1-2-8/h3-4,6,8H,1-2,5H2,(H,18,21). The summed E-state index contributed by atoms with van der Waals surface area (Å²) in [6.45, 7) is 0. The minimum Gasteiger partial charge on any atom is -0.323 e. The SMILES string of the molecule is O=C(CSc1nncn1C1CC1)Nc1c(Cl)cc(Cl)cc1Cl. The highest BCUT2D eigenvalue weighted by Crippen LogP contribution is 2.37. The molecule has 1 amide bonds. The van der Waals surface area contributed by atoms with Crippen LogP contribution in [0.5, 0.6) is 0 Å². The molecule has 2 aromatic rings. The Hall–Kier alpha value is -0.950. The Morgan fingerprint density at radius 2 is 2.00 bits per heavy atom. The number of thioether (sulfide) groups is 1. The number of nitrogens with one attached hydrogen (secondary N) is 1. The molecule has 1 aromatic carbocycles. The summed E-state index contributed by atoms with van der Waals surface area (Å²) < 4.78 is 2.00. The highest BCUT2D eigenvalue weighted by atomic mass is 35.5. The van der Waals surface area contributed by atoms with Crippen molar-refractivity contribution < 1.29 is 4.79 Å². The van der Waals surface area contributed by atoms with Crippen LogP contribution in [-0.4, -0.2) is 26.4 Å². The lowest BCUT2D eigenvalue weighted by Gasteiger charge is -2.10. The Labute approximate surface area is 146 Å². The van der Waals surface area contributed by atoms with Gasteiger partial charge in [-0.2, -0.15) is 0 Å². The van der Waals surface area contributed by atoms with E-state index in [4.69, 9.17) is 34.8 Å².